The van der Waals surface area contributed by atoms with Crippen molar-refractivity contribution in [2.24, 2.45) is 0 Å². The van der Waals surface area contributed by atoms with Crippen LogP contribution in [0.25, 0.3) is 0 Å². The first-order valence-corrected chi connectivity index (χ1v) is 8.61. The Morgan fingerprint density at radius 2 is 1.56 bits per heavy atom. The molecular formula is C18H20N2O5. The van der Waals surface area contributed by atoms with Crippen molar-refractivity contribution in [3.05, 3.63) is 35.4 Å². The first kappa shape index (κ1) is 16.2. The zero-order valence-corrected chi connectivity index (χ0v) is 13.9. The molecule has 1 aromatic rings. The third-order valence-electron chi connectivity index (χ3n) is 5.07. The maximum Gasteiger partial charge on any atom is 0.262 e. The Morgan fingerprint density at radius 3 is 2.12 bits per heavy atom. The van der Waals surface area contributed by atoms with Crippen LogP contribution in [-0.2, 0) is 14.3 Å². The van der Waals surface area contributed by atoms with Crippen molar-refractivity contribution in [2.45, 2.75) is 25.0 Å². The molecule has 2 saturated heterocycles. The first-order valence-electron chi connectivity index (χ1n) is 8.61. The van der Waals surface area contributed by atoms with Crippen molar-refractivity contribution in [1.82, 2.24) is 9.80 Å². The van der Waals surface area contributed by atoms with Crippen molar-refractivity contribution in [3.8, 4) is 0 Å². The molecule has 3 aliphatic rings. The van der Waals surface area contributed by atoms with Crippen molar-refractivity contribution < 1.29 is 23.9 Å². The molecule has 0 bridgehead atoms. The minimum atomic E-state index is -0.565. The molecule has 1 spiro atoms. The number of hydrogen-bond acceptors (Lipinski definition) is 5. The topological polar surface area (TPSA) is 76.2 Å². The van der Waals surface area contributed by atoms with Gasteiger partial charge in [-0.05, 0) is 18.6 Å². The lowest BCUT2D eigenvalue weighted by Gasteiger charge is -2.43. The summed E-state index contributed by atoms with van der Waals surface area (Å²) in [6.07, 6.45) is 2.12. The summed E-state index contributed by atoms with van der Waals surface area (Å²) in [5.74, 6) is -1.59. The zero-order valence-electron chi connectivity index (χ0n) is 13.9. The number of amides is 3. The Morgan fingerprint density at radius 1 is 1.00 bits per heavy atom. The van der Waals surface area contributed by atoms with E-state index in [0.717, 1.165) is 11.3 Å². The number of piperidine rings is 1. The lowest BCUT2D eigenvalue weighted by molar-refractivity contribution is -0.282. The molecule has 4 rings (SSSR count). The number of ether oxygens (including phenoxy) is 2. The zero-order chi connectivity index (χ0) is 17.4. The molecule has 3 heterocycles. The summed E-state index contributed by atoms with van der Waals surface area (Å²) in [6, 6.07) is 6.65. The largest absolute Gasteiger partial charge is 0.350 e. The molecule has 3 aliphatic heterocycles. The molecule has 3 amide bonds. The van der Waals surface area contributed by atoms with Gasteiger partial charge in [0, 0.05) is 25.9 Å². The molecule has 7 heteroatoms. The third-order valence-corrected chi connectivity index (χ3v) is 5.07. The van der Waals surface area contributed by atoms with E-state index in [2.05, 4.69) is 0 Å². The van der Waals surface area contributed by atoms with Crippen LogP contribution in [0.2, 0.25) is 0 Å². The van der Waals surface area contributed by atoms with Crippen LogP contribution in [0.4, 0.5) is 0 Å². The van der Waals surface area contributed by atoms with Crippen LogP contribution in [0, 0.1) is 0 Å². The highest BCUT2D eigenvalue weighted by molar-refractivity contribution is 6.22. The lowest BCUT2D eigenvalue weighted by atomic mass is 10.0. The van der Waals surface area contributed by atoms with Crippen molar-refractivity contribution in [1.29, 1.82) is 0 Å². The van der Waals surface area contributed by atoms with E-state index < -0.39 is 17.6 Å². The van der Waals surface area contributed by atoms with Gasteiger partial charge in [0.1, 0.15) is 6.54 Å². The van der Waals surface area contributed by atoms with Gasteiger partial charge in [-0.1, -0.05) is 12.1 Å². The number of nitrogens with zero attached hydrogens (tertiary/aromatic N) is 2. The molecule has 132 valence electrons. The molecule has 0 unspecified atom stereocenters. The van der Waals surface area contributed by atoms with E-state index in [1.165, 1.54) is 0 Å². The van der Waals surface area contributed by atoms with Crippen LogP contribution >= 0.6 is 0 Å². The first-order chi connectivity index (χ1) is 12.1. The minimum absolute atomic E-state index is 0.221. The normalized spacial score (nSPS) is 22.4. The summed E-state index contributed by atoms with van der Waals surface area (Å²) < 4.78 is 11.5. The van der Waals surface area contributed by atoms with Crippen LogP contribution in [0.5, 0.6) is 0 Å². The third kappa shape index (κ3) is 2.83. The van der Waals surface area contributed by atoms with Crippen LogP contribution in [0.1, 0.15) is 40.0 Å². The number of imide groups is 1. The number of rotatable bonds is 2. The number of fused-ring (bicyclic) bond motifs is 1. The fourth-order valence-corrected chi connectivity index (χ4v) is 3.62. The quantitative estimate of drug-likeness (QED) is 0.749. The average molecular weight is 344 g/mol. The van der Waals surface area contributed by atoms with E-state index in [-0.39, 0.29) is 12.5 Å². The smallest absolute Gasteiger partial charge is 0.262 e. The standard InChI is InChI=1S/C18H20N2O5/c21-15(19-8-6-18(7-9-19)24-10-3-11-25-18)12-20-16(22)13-4-1-2-5-14(13)17(20)23/h1-2,4-5H,3,6-12H2. The predicted molar refractivity (Wildman–Crippen MR) is 86.9 cm³/mol. The SMILES string of the molecule is O=C(CN1C(=O)c2ccccc2C1=O)N1CCC2(CC1)OCCCO2. The molecule has 0 N–H and O–H groups in total. The van der Waals surface area contributed by atoms with Gasteiger partial charge in [-0.25, -0.2) is 0 Å². The van der Waals surface area contributed by atoms with E-state index in [4.69, 9.17) is 9.47 Å². The van der Waals surface area contributed by atoms with Gasteiger partial charge >= 0.3 is 0 Å². The molecule has 0 aliphatic carbocycles. The van der Waals surface area contributed by atoms with E-state index >= 15 is 0 Å². The molecule has 0 aromatic heterocycles. The van der Waals surface area contributed by atoms with Gasteiger partial charge in [-0.2, -0.15) is 0 Å². The number of carbonyl (C=O) groups excluding carboxylic acids is 3. The Balaban J connectivity index is 1.39. The van der Waals surface area contributed by atoms with Crippen LogP contribution < -0.4 is 0 Å². The predicted octanol–water partition coefficient (Wildman–Crippen LogP) is 1.04. The molecule has 0 atom stereocenters. The maximum atomic E-state index is 12.6. The molecular weight excluding hydrogens is 324 g/mol. The van der Waals surface area contributed by atoms with Crippen molar-refractivity contribution >= 4 is 17.7 Å². The molecule has 7 nitrogen and oxygen atoms in total. The second-order valence-electron chi connectivity index (χ2n) is 6.58. The second kappa shape index (κ2) is 6.24. The monoisotopic (exact) mass is 344 g/mol. The van der Waals surface area contributed by atoms with Crippen molar-refractivity contribution in [2.75, 3.05) is 32.8 Å². The van der Waals surface area contributed by atoms with Gasteiger partial charge in [-0.15, -0.1) is 0 Å². The van der Waals surface area contributed by atoms with Gasteiger partial charge < -0.3 is 14.4 Å². The van der Waals surface area contributed by atoms with Crippen LogP contribution in [0.15, 0.2) is 24.3 Å². The fourth-order valence-electron chi connectivity index (χ4n) is 3.62. The van der Waals surface area contributed by atoms with E-state index in [0.29, 0.717) is 50.3 Å². The Kier molecular flexibility index (Phi) is 4.05. The van der Waals surface area contributed by atoms with E-state index in [1.807, 2.05) is 0 Å². The Hall–Kier alpha value is -2.25. The number of benzene rings is 1. The highest BCUT2D eigenvalue weighted by atomic mass is 16.7. The summed E-state index contributed by atoms with van der Waals surface area (Å²) in [7, 11) is 0. The van der Waals surface area contributed by atoms with Gasteiger partial charge in [0.2, 0.25) is 5.91 Å². The maximum absolute atomic E-state index is 12.6. The van der Waals surface area contributed by atoms with E-state index in [9.17, 15) is 14.4 Å². The number of hydrogen-bond donors (Lipinski definition) is 0. The van der Waals surface area contributed by atoms with Gasteiger partial charge in [0.15, 0.2) is 5.79 Å². The van der Waals surface area contributed by atoms with E-state index in [1.54, 1.807) is 29.2 Å². The minimum Gasteiger partial charge on any atom is -0.350 e. The van der Waals surface area contributed by atoms with Gasteiger partial charge in [0.25, 0.3) is 11.8 Å². The lowest BCUT2D eigenvalue weighted by Crippen LogP contribution is -2.53. The van der Waals surface area contributed by atoms with Gasteiger partial charge in [0.05, 0.1) is 24.3 Å². The molecule has 25 heavy (non-hydrogen) atoms. The number of carbonyl (C=O) groups is 3. The summed E-state index contributed by atoms with van der Waals surface area (Å²) in [5, 5.41) is 0. The number of likely N-dealkylation sites (tertiary alicyclic amines) is 1. The summed E-state index contributed by atoms with van der Waals surface area (Å²) >= 11 is 0. The summed E-state index contributed by atoms with van der Waals surface area (Å²) in [4.78, 5) is 40.0. The fraction of sp³-hybridized carbons (Fsp3) is 0.500. The van der Waals surface area contributed by atoms with Crippen LogP contribution in [-0.4, -0.2) is 66.2 Å². The Labute approximate surface area is 145 Å². The second-order valence-corrected chi connectivity index (χ2v) is 6.58. The Bertz CT molecular complexity index is 681. The highest BCUT2D eigenvalue weighted by Crippen LogP contribution is 2.31. The molecule has 1 aromatic carbocycles. The van der Waals surface area contributed by atoms with Crippen molar-refractivity contribution in [3.63, 3.8) is 0 Å². The molecule has 0 radical (unpaired) electrons. The molecule has 2 fully saturated rings. The van der Waals surface area contributed by atoms with Gasteiger partial charge in [-0.3, -0.25) is 19.3 Å². The molecule has 0 saturated carbocycles. The average Bonchev–Trinajstić information content (AvgIpc) is 2.88. The highest BCUT2D eigenvalue weighted by Gasteiger charge is 2.41. The summed E-state index contributed by atoms with van der Waals surface area (Å²) in [6.45, 7) is 2.15. The summed E-state index contributed by atoms with van der Waals surface area (Å²) in [5.41, 5.74) is 0.726. The van der Waals surface area contributed by atoms with Crippen LogP contribution in [0.3, 0.4) is 0 Å².